The number of fused-ring (bicyclic) bond motifs is 4. The van der Waals surface area contributed by atoms with Gasteiger partial charge in [0.25, 0.3) is 0 Å². The van der Waals surface area contributed by atoms with Crippen LogP contribution in [0, 0.1) is 5.92 Å². The smallest absolute Gasteiger partial charge is 0.336 e. The Morgan fingerprint density at radius 3 is 2.77 bits per heavy atom. The normalized spacial score (nSPS) is 27.9. The second-order valence-electron chi connectivity index (χ2n) is 8.67. The van der Waals surface area contributed by atoms with Gasteiger partial charge in [0, 0.05) is 37.0 Å². The maximum atomic E-state index is 13.6. The molecule has 164 valence electrons. The summed E-state index contributed by atoms with van der Waals surface area (Å²) >= 11 is 0. The minimum atomic E-state index is -1.14. The summed E-state index contributed by atoms with van der Waals surface area (Å²) in [7, 11) is 3.07. The molecule has 7 heteroatoms. The summed E-state index contributed by atoms with van der Waals surface area (Å²) in [6.45, 7) is 5.14. The number of rotatable bonds is 4. The fraction of sp³-hybridized carbons (Fsp3) is 0.500. The molecule has 3 atom stereocenters. The van der Waals surface area contributed by atoms with E-state index in [1.54, 1.807) is 7.11 Å². The van der Waals surface area contributed by atoms with Gasteiger partial charge in [-0.2, -0.15) is 0 Å². The summed E-state index contributed by atoms with van der Waals surface area (Å²) in [5, 5.41) is 1.10. The Bertz CT molecular complexity index is 1120. The van der Waals surface area contributed by atoms with E-state index in [2.05, 4.69) is 21.6 Å². The van der Waals surface area contributed by atoms with E-state index in [4.69, 9.17) is 14.2 Å². The zero-order valence-electron chi connectivity index (χ0n) is 18.4. The van der Waals surface area contributed by atoms with Gasteiger partial charge in [0.05, 0.1) is 25.8 Å². The second-order valence-corrected chi connectivity index (χ2v) is 8.67. The quantitative estimate of drug-likeness (QED) is 0.555. The van der Waals surface area contributed by atoms with Gasteiger partial charge in [0.2, 0.25) is 0 Å². The van der Waals surface area contributed by atoms with Crippen molar-refractivity contribution >= 4 is 22.8 Å². The lowest BCUT2D eigenvalue weighted by atomic mass is 9.68. The van der Waals surface area contributed by atoms with Crippen LogP contribution in [0.25, 0.3) is 10.9 Å². The van der Waals surface area contributed by atoms with Crippen LogP contribution in [0.15, 0.2) is 29.8 Å². The molecular formula is C24H28N2O5. The fourth-order valence-corrected chi connectivity index (χ4v) is 6.07. The number of piperidine rings is 1. The second kappa shape index (κ2) is 7.12. The number of hydrogen-bond acceptors (Lipinski definition) is 6. The lowest BCUT2D eigenvalue weighted by molar-refractivity contribution is -0.165. The summed E-state index contributed by atoms with van der Waals surface area (Å²) in [6, 6.07) is 6.22. The molecule has 3 aliphatic rings. The van der Waals surface area contributed by atoms with Crippen LogP contribution < -0.4 is 4.74 Å². The van der Waals surface area contributed by atoms with Gasteiger partial charge in [-0.3, -0.25) is 9.69 Å². The Labute approximate surface area is 181 Å². The van der Waals surface area contributed by atoms with E-state index < -0.39 is 11.5 Å². The molecule has 3 aliphatic heterocycles. The molecule has 7 nitrogen and oxygen atoms in total. The lowest BCUT2D eigenvalue weighted by Crippen LogP contribution is -2.61. The predicted molar refractivity (Wildman–Crippen MR) is 115 cm³/mol. The Morgan fingerprint density at radius 2 is 2.10 bits per heavy atom. The van der Waals surface area contributed by atoms with Crippen LogP contribution in [0.5, 0.6) is 5.75 Å². The number of benzene rings is 1. The Morgan fingerprint density at radius 1 is 1.29 bits per heavy atom. The monoisotopic (exact) mass is 424 g/mol. The Hall–Kier alpha value is -2.80. The van der Waals surface area contributed by atoms with Gasteiger partial charge in [-0.05, 0) is 43.5 Å². The van der Waals surface area contributed by atoms with Crippen LogP contribution in [-0.2, 0) is 31.0 Å². The van der Waals surface area contributed by atoms with Gasteiger partial charge in [-0.15, -0.1) is 0 Å². The van der Waals surface area contributed by atoms with E-state index in [0.717, 1.165) is 48.3 Å². The fourth-order valence-electron chi connectivity index (χ4n) is 6.07. The van der Waals surface area contributed by atoms with Gasteiger partial charge >= 0.3 is 11.9 Å². The number of allylic oxidation sites excluding steroid dienone is 1. The molecule has 1 aromatic carbocycles. The lowest BCUT2D eigenvalue weighted by Gasteiger charge is -2.55. The largest absolute Gasteiger partial charge is 0.497 e. The Kier molecular flexibility index (Phi) is 4.62. The van der Waals surface area contributed by atoms with E-state index >= 15 is 0 Å². The molecule has 0 spiro atoms. The molecule has 0 N–H and O–H groups in total. The molecular weight excluding hydrogens is 396 g/mol. The van der Waals surface area contributed by atoms with E-state index in [9.17, 15) is 9.59 Å². The van der Waals surface area contributed by atoms with Crippen molar-refractivity contribution in [2.24, 2.45) is 5.92 Å². The number of ether oxygens (including phenoxy) is 3. The molecule has 0 saturated carbocycles. The number of hydrogen-bond donors (Lipinski definition) is 0. The van der Waals surface area contributed by atoms with E-state index in [1.165, 1.54) is 25.2 Å². The zero-order chi connectivity index (χ0) is 21.9. The first-order chi connectivity index (χ1) is 15.0. The van der Waals surface area contributed by atoms with Crippen molar-refractivity contribution in [1.29, 1.82) is 0 Å². The van der Waals surface area contributed by atoms with Gasteiger partial charge < -0.3 is 18.8 Å². The summed E-state index contributed by atoms with van der Waals surface area (Å²) in [5.74, 6) is -0.0976. The standard InChI is InChI=1S/C24H28N2O5/c1-5-15-12-25-9-8-17-18-10-16(29-3)6-7-20(18)26-22(17)21(25)11-19(15)24(26,23(28)30-4)13-31-14(2)27/h5-7,10,19,21H,8-9,11-13H2,1-4H3/b15-5-/t19-,21-,24+/m0/s1. The van der Waals surface area contributed by atoms with Crippen molar-refractivity contribution < 1.29 is 23.8 Å². The number of esters is 2. The van der Waals surface area contributed by atoms with Gasteiger partial charge in [-0.25, -0.2) is 4.79 Å². The number of nitrogens with zero attached hydrogens (tertiary/aromatic N) is 2. The average Bonchev–Trinajstić information content (AvgIpc) is 3.12. The van der Waals surface area contributed by atoms with Crippen molar-refractivity contribution in [3.8, 4) is 5.75 Å². The predicted octanol–water partition coefficient (Wildman–Crippen LogP) is 2.96. The minimum absolute atomic E-state index is 0.0496. The third-order valence-electron chi connectivity index (χ3n) is 7.40. The van der Waals surface area contributed by atoms with Crippen LogP contribution in [0.1, 0.15) is 37.6 Å². The van der Waals surface area contributed by atoms with Crippen LogP contribution in [0.4, 0.5) is 0 Å². The van der Waals surface area contributed by atoms with Crippen molar-refractivity contribution in [2.45, 2.75) is 38.3 Å². The number of carbonyl (C=O) groups excluding carboxylic acids is 2. The molecule has 0 radical (unpaired) electrons. The molecule has 1 saturated heterocycles. The highest BCUT2D eigenvalue weighted by molar-refractivity contribution is 5.92. The molecule has 0 unspecified atom stereocenters. The van der Waals surface area contributed by atoms with Crippen LogP contribution in [0.3, 0.4) is 0 Å². The van der Waals surface area contributed by atoms with Crippen LogP contribution in [-0.4, -0.2) is 55.3 Å². The first-order valence-electron chi connectivity index (χ1n) is 10.8. The van der Waals surface area contributed by atoms with Gasteiger partial charge in [-0.1, -0.05) is 11.6 Å². The van der Waals surface area contributed by atoms with Gasteiger partial charge in [0.1, 0.15) is 12.4 Å². The molecule has 31 heavy (non-hydrogen) atoms. The molecule has 2 bridgehead atoms. The molecule has 0 amide bonds. The topological polar surface area (TPSA) is 70.0 Å². The highest BCUT2D eigenvalue weighted by atomic mass is 16.5. The maximum Gasteiger partial charge on any atom is 0.336 e. The van der Waals surface area contributed by atoms with Crippen LogP contribution >= 0.6 is 0 Å². The molecule has 1 fully saturated rings. The third-order valence-corrected chi connectivity index (χ3v) is 7.40. The highest BCUT2D eigenvalue weighted by Gasteiger charge is 2.60. The Balaban J connectivity index is 1.88. The highest BCUT2D eigenvalue weighted by Crippen LogP contribution is 2.56. The molecule has 4 heterocycles. The molecule has 5 rings (SSSR count). The molecule has 0 aliphatic carbocycles. The van der Waals surface area contributed by atoms with Gasteiger partial charge in [0.15, 0.2) is 5.54 Å². The first kappa shape index (κ1) is 20.1. The molecule has 1 aromatic heterocycles. The summed E-state index contributed by atoms with van der Waals surface area (Å²) in [6.07, 6.45) is 3.81. The number of methoxy groups -OCH3 is 2. The van der Waals surface area contributed by atoms with E-state index in [1.807, 2.05) is 19.1 Å². The summed E-state index contributed by atoms with van der Waals surface area (Å²) in [5.41, 5.74) is 3.42. The van der Waals surface area contributed by atoms with E-state index in [-0.39, 0.29) is 24.5 Å². The van der Waals surface area contributed by atoms with E-state index in [0.29, 0.717) is 0 Å². The summed E-state index contributed by atoms with van der Waals surface area (Å²) in [4.78, 5) is 28.0. The number of aromatic nitrogens is 1. The third kappa shape index (κ3) is 2.62. The van der Waals surface area contributed by atoms with Crippen LogP contribution in [0.2, 0.25) is 0 Å². The first-order valence-corrected chi connectivity index (χ1v) is 10.8. The van der Waals surface area contributed by atoms with Crippen molar-refractivity contribution in [2.75, 3.05) is 33.9 Å². The van der Waals surface area contributed by atoms with Crippen molar-refractivity contribution in [1.82, 2.24) is 9.47 Å². The molecule has 2 aromatic rings. The average molecular weight is 424 g/mol. The minimum Gasteiger partial charge on any atom is -0.497 e. The van der Waals surface area contributed by atoms with Crippen molar-refractivity contribution in [3.05, 3.63) is 41.1 Å². The maximum absolute atomic E-state index is 13.6. The zero-order valence-corrected chi connectivity index (χ0v) is 18.4. The summed E-state index contributed by atoms with van der Waals surface area (Å²) < 4.78 is 18.6. The SMILES string of the molecule is C/C=C1/CN2CCc3c4n(c5ccc(OC)cc35)[C@@](COC(C)=O)(C(=O)OC)[C@H]1C[C@@H]42. The van der Waals surface area contributed by atoms with Crippen molar-refractivity contribution in [3.63, 3.8) is 0 Å². The number of carbonyl (C=O) groups is 2.